The van der Waals surface area contributed by atoms with E-state index in [4.69, 9.17) is 0 Å². The van der Waals surface area contributed by atoms with Crippen molar-refractivity contribution in [2.75, 3.05) is 11.9 Å². The Labute approximate surface area is 192 Å². The van der Waals surface area contributed by atoms with Crippen LogP contribution < -0.4 is 10.6 Å². The summed E-state index contributed by atoms with van der Waals surface area (Å²) in [6.07, 6.45) is 6.09. The van der Waals surface area contributed by atoms with Crippen molar-refractivity contribution in [3.8, 4) is 11.1 Å². The molecule has 4 aromatic rings. The molecule has 2 heterocycles. The van der Waals surface area contributed by atoms with E-state index in [0.717, 1.165) is 17.5 Å². The molecular weight excluding hydrogens is 417 g/mol. The van der Waals surface area contributed by atoms with Crippen LogP contribution in [0.2, 0.25) is 0 Å². The summed E-state index contributed by atoms with van der Waals surface area (Å²) in [6.45, 7) is 2.61. The zero-order valence-electron chi connectivity index (χ0n) is 18.6. The van der Waals surface area contributed by atoms with Crippen LogP contribution in [0.1, 0.15) is 22.7 Å². The molecule has 2 N–H and O–H groups in total. The third-order valence-electron chi connectivity index (χ3n) is 5.38. The number of pyridine rings is 1. The first-order valence-electron chi connectivity index (χ1n) is 10.8. The zero-order valence-corrected chi connectivity index (χ0v) is 18.6. The molecule has 0 radical (unpaired) electrons. The van der Waals surface area contributed by atoms with E-state index >= 15 is 0 Å². The number of benzene rings is 2. The molecule has 0 fully saturated rings. The minimum absolute atomic E-state index is 0.300. The molecule has 0 aliphatic heterocycles. The van der Waals surface area contributed by atoms with Gasteiger partial charge in [0.2, 0.25) is 5.91 Å². The van der Waals surface area contributed by atoms with Gasteiger partial charge in [0.15, 0.2) is 0 Å². The van der Waals surface area contributed by atoms with Crippen molar-refractivity contribution in [3.05, 3.63) is 102 Å². The van der Waals surface area contributed by atoms with Gasteiger partial charge < -0.3 is 10.6 Å². The van der Waals surface area contributed by atoms with Gasteiger partial charge in [-0.2, -0.15) is 5.10 Å². The summed E-state index contributed by atoms with van der Waals surface area (Å²) in [4.78, 5) is 17.5. The average molecular weight is 444 g/mol. The van der Waals surface area contributed by atoms with Crippen LogP contribution in [-0.4, -0.2) is 27.2 Å². The quantitative estimate of drug-likeness (QED) is 0.422. The summed E-state index contributed by atoms with van der Waals surface area (Å²) in [6, 6.07) is 17.3. The Balaban J connectivity index is 1.46. The van der Waals surface area contributed by atoms with E-state index in [1.807, 2.05) is 26.2 Å². The molecular formula is C26H26FN5O. The highest BCUT2D eigenvalue weighted by Crippen LogP contribution is 2.20. The fourth-order valence-corrected chi connectivity index (χ4v) is 3.57. The highest BCUT2D eigenvalue weighted by molar-refractivity contribution is 5.95. The van der Waals surface area contributed by atoms with Crippen LogP contribution in [0, 0.1) is 12.7 Å². The van der Waals surface area contributed by atoms with E-state index < -0.39 is 6.04 Å². The second kappa shape index (κ2) is 10.2. The number of carbonyl (C=O) groups excluding carboxylic acids is 1. The molecule has 1 amide bonds. The molecule has 7 heteroatoms. The number of carbonyl (C=O) groups is 1. The van der Waals surface area contributed by atoms with Gasteiger partial charge in [-0.25, -0.2) is 9.37 Å². The van der Waals surface area contributed by atoms with Gasteiger partial charge in [-0.1, -0.05) is 42.0 Å². The first-order valence-corrected chi connectivity index (χ1v) is 10.8. The summed E-state index contributed by atoms with van der Waals surface area (Å²) in [5.74, 6) is -0.259. The van der Waals surface area contributed by atoms with Crippen LogP contribution in [0.4, 0.5) is 10.2 Å². The van der Waals surface area contributed by atoms with Crippen molar-refractivity contribution in [1.82, 2.24) is 20.1 Å². The van der Waals surface area contributed by atoms with Gasteiger partial charge in [-0.05, 0) is 48.7 Å². The van der Waals surface area contributed by atoms with E-state index in [2.05, 4.69) is 45.0 Å². The van der Waals surface area contributed by atoms with Crippen molar-refractivity contribution in [1.29, 1.82) is 0 Å². The molecule has 0 saturated heterocycles. The molecule has 1 atom stereocenters. The van der Waals surface area contributed by atoms with Crippen LogP contribution >= 0.6 is 0 Å². The van der Waals surface area contributed by atoms with E-state index in [9.17, 15) is 9.18 Å². The first-order chi connectivity index (χ1) is 16.0. The molecule has 0 aliphatic rings. The molecule has 33 heavy (non-hydrogen) atoms. The Kier molecular flexibility index (Phi) is 6.90. The third kappa shape index (κ3) is 5.90. The summed E-state index contributed by atoms with van der Waals surface area (Å²) in [7, 11) is 1.85. The van der Waals surface area contributed by atoms with Gasteiger partial charge in [-0.3, -0.25) is 9.48 Å². The minimum atomic E-state index is -0.717. The van der Waals surface area contributed by atoms with Crippen LogP contribution in [0.3, 0.4) is 0 Å². The number of hydrogen-bond acceptors (Lipinski definition) is 4. The number of halogens is 1. The number of nitrogens with one attached hydrogen (secondary N) is 2. The standard InChI is InChI=1S/C26H26FN5O/c1-18-6-8-19(9-7-18)12-13-28-25(20-4-3-5-23(27)14-20)26(33)31-24-11-10-21(15-29-24)22-16-30-32(2)17-22/h3-11,14-17,25,28H,12-13H2,1-2H3,(H,29,31,33)/t25-/m1/s1. The molecule has 2 aromatic heterocycles. The Morgan fingerprint density at radius 3 is 2.55 bits per heavy atom. The average Bonchev–Trinajstić information content (AvgIpc) is 3.24. The third-order valence-corrected chi connectivity index (χ3v) is 5.38. The smallest absolute Gasteiger partial charge is 0.247 e. The van der Waals surface area contributed by atoms with Gasteiger partial charge in [0.25, 0.3) is 0 Å². The SMILES string of the molecule is Cc1ccc(CCN[C@@H](C(=O)Nc2ccc(-c3cnn(C)c3)cn2)c2cccc(F)c2)cc1. The Hall–Kier alpha value is -3.84. The summed E-state index contributed by atoms with van der Waals surface area (Å²) < 4.78 is 15.6. The molecule has 0 spiro atoms. The summed E-state index contributed by atoms with van der Waals surface area (Å²) >= 11 is 0. The molecule has 4 rings (SSSR count). The molecule has 0 aliphatic carbocycles. The number of aryl methyl sites for hydroxylation is 2. The first kappa shape index (κ1) is 22.4. The maximum atomic E-state index is 13.9. The van der Waals surface area contributed by atoms with Gasteiger partial charge in [-0.15, -0.1) is 0 Å². The van der Waals surface area contributed by atoms with Crippen LogP contribution in [0.25, 0.3) is 11.1 Å². The van der Waals surface area contributed by atoms with Gasteiger partial charge in [0.05, 0.1) is 6.20 Å². The second-order valence-electron chi connectivity index (χ2n) is 8.00. The molecule has 0 unspecified atom stereocenters. The lowest BCUT2D eigenvalue weighted by atomic mass is 10.0. The largest absolute Gasteiger partial charge is 0.309 e. The maximum Gasteiger partial charge on any atom is 0.247 e. The number of rotatable bonds is 8. The van der Waals surface area contributed by atoms with Crippen molar-refractivity contribution < 1.29 is 9.18 Å². The number of nitrogens with zero attached hydrogens (tertiary/aromatic N) is 3. The normalized spacial score (nSPS) is 11.8. The van der Waals surface area contributed by atoms with E-state index in [0.29, 0.717) is 17.9 Å². The highest BCUT2D eigenvalue weighted by Gasteiger charge is 2.21. The van der Waals surface area contributed by atoms with E-state index in [-0.39, 0.29) is 11.7 Å². The number of anilines is 1. The van der Waals surface area contributed by atoms with Crippen molar-refractivity contribution in [2.24, 2.45) is 7.05 Å². The molecule has 0 bridgehead atoms. The van der Waals surface area contributed by atoms with Crippen molar-refractivity contribution in [2.45, 2.75) is 19.4 Å². The van der Waals surface area contributed by atoms with Gasteiger partial charge in [0.1, 0.15) is 17.7 Å². The van der Waals surface area contributed by atoms with Gasteiger partial charge >= 0.3 is 0 Å². The lowest BCUT2D eigenvalue weighted by Crippen LogP contribution is -2.34. The monoisotopic (exact) mass is 443 g/mol. The second-order valence-corrected chi connectivity index (χ2v) is 8.00. The number of aromatic nitrogens is 3. The van der Waals surface area contributed by atoms with E-state index in [1.54, 1.807) is 35.3 Å². The van der Waals surface area contributed by atoms with Gasteiger partial charge in [0, 0.05) is 37.1 Å². The predicted molar refractivity (Wildman–Crippen MR) is 127 cm³/mol. The highest BCUT2D eigenvalue weighted by atomic mass is 19.1. The summed E-state index contributed by atoms with van der Waals surface area (Å²) in [5, 5.41) is 10.3. The van der Waals surface area contributed by atoms with Crippen molar-refractivity contribution in [3.63, 3.8) is 0 Å². The predicted octanol–water partition coefficient (Wildman–Crippen LogP) is 4.44. The molecule has 168 valence electrons. The zero-order chi connectivity index (χ0) is 23.2. The van der Waals surface area contributed by atoms with Crippen LogP contribution in [0.5, 0.6) is 0 Å². The van der Waals surface area contributed by atoms with E-state index in [1.165, 1.54) is 23.3 Å². The Bertz CT molecular complexity index is 1220. The lowest BCUT2D eigenvalue weighted by molar-refractivity contribution is -0.118. The Morgan fingerprint density at radius 2 is 1.88 bits per heavy atom. The minimum Gasteiger partial charge on any atom is -0.309 e. The topological polar surface area (TPSA) is 71.8 Å². The molecule has 2 aromatic carbocycles. The maximum absolute atomic E-state index is 13.9. The number of hydrogen-bond donors (Lipinski definition) is 2. The fourth-order valence-electron chi connectivity index (χ4n) is 3.57. The summed E-state index contributed by atoms with van der Waals surface area (Å²) in [5.41, 5.74) is 4.77. The molecule has 6 nitrogen and oxygen atoms in total. The lowest BCUT2D eigenvalue weighted by Gasteiger charge is -2.19. The molecule has 0 saturated carbocycles. The Morgan fingerprint density at radius 1 is 1.06 bits per heavy atom. The number of amides is 1. The van der Waals surface area contributed by atoms with Crippen molar-refractivity contribution >= 4 is 11.7 Å². The van der Waals surface area contributed by atoms with Crippen LogP contribution in [0.15, 0.2) is 79.3 Å². The van der Waals surface area contributed by atoms with Crippen LogP contribution in [-0.2, 0) is 18.3 Å². The fraction of sp³-hybridized carbons (Fsp3) is 0.192.